The lowest BCUT2D eigenvalue weighted by Gasteiger charge is -2.33. The molecule has 1 fully saturated rings. The summed E-state index contributed by atoms with van der Waals surface area (Å²) in [6.07, 6.45) is 3.99. The molecular formula is C28H31Cl3F2N6O3. The lowest BCUT2D eigenvalue weighted by molar-refractivity contribution is 0.0472. The highest BCUT2D eigenvalue weighted by Gasteiger charge is 2.36. The number of benzene rings is 1. The van der Waals surface area contributed by atoms with Crippen LogP contribution in [0.15, 0.2) is 59.7 Å². The van der Waals surface area contributed by atoms with E-state index in [9.17, 15) is 18.4 Å². The summed E-state index contributed by atoms with van der Waals surface area (Å²) in [5.74, 6) is -2.34. The number of nitrogens with zero attached hydrogens (tertiary/aromatic N) is 4. The molecule has 3 atom stereocenters. The number of likely N-dealkylation sites (tertiary alicyclic amines) is 1. The van der Waals surface area contributed by atoms with Crippen molar-refractivity contribution in [3.63, 3.8) is 0 Å². The zero-order valence-electron chi connectivity index (χ0n) is 22.3. The van der Waals surface area contributed by atoms with E-state index in [1.165, 1.54) is 6.07 Å². The predicted molar refractivity (Wildman–Crippen MR) is 161 cm³/mol. The highest BCUT2D eigenvalue weighted by Crippen LogP contribution is 2.43. The number of amides is 1. The third-order valence-electron chi connectivity index (χ3n) is 7.91. The van der Waals surface area contributed by atoms with Crippen molar-refractivity contribution in [2.75, 3.05) is 13.1 Å². The Morgan fingerprint density at radius 3 is 2.38 bits per heavy atom. The highest BCUT2D eigenvalue weighted by atomic mass is 35.5. The number of aromatic nitrogens is 4. The van der Waals surface area contributed by atoms with Crippen LogP contribution in [0.2, 0.25) is 0 Å². The molecule has 2 aliphatic rings. The van der Waals surface area contributed by atoms with Crippen LogP contribution in [-0.4, -0.2) is 43.6 Å². The first-order valence-corrected chi connectivity index (χ1v) is 13.1. The summed E-state index contributed by atoms with van der Waals surface area (Å²) in [4.78, 5) is 38.9. The molecule has 1 aliphatic heterocycles. The van der Waals surface area contributed by atoms with Gasteiger partial charge >= 0.3 is 11.8 Å². The van der Waals surface area contributed by atoms with Gasteiger partial charge in [0, 0.05) is 43.5 Å². The molecule has 226 valence electrons. The van der Waals surface area contributed by atoms with Crippen LogP contribution >= 0.6 is 37.2 Å². The number of nitrogens with two attached hydrogens (primary N) is 1. The van der Waals surface area contributed by atoms with Crippen molar-refractivity contribution in [2.45, 2.75) is 49.8 Å². The quantitative estimate of drug-likeness (QED) is 0.274. The fourth-order valence-corrected chi connectivity index (χ4v) is 5.94. The summed E-state index contributed by atoms with van der Waals surface area (Å²) in [7, 11) is 0. The Bertz CT molecular complexity index is 1590. The molecule has 14 heteroatoms. The minimum Gasteiger partial charge on any atom is -0.440 e. The normalized spacial score (nSPS) is 20.4. The Hall–Kier alpha value is -3.25. The van der Waals surface area contributed by atoms with E-state index >= 15 is 0 Å². The number of hydrogen-bond acceptors (Lipinski definition) is 6. The molecule has 9 nitrogen and oxygen atoms in total. The van der Waals surface area contributed by atoms with Crippen molar-refractivity contribution >= 4 is 54.5 Å². The SMILES string of the molecule is Cl.Cl.Cl.N[C@@H]1c2cccnc2[C@@H](OC(=O)N2CCC(n3c(=O)[nH]c4ncccc43)CC2)CC[C@H]1c1cccc(F)c1F. The lowest BCUT2D eigenvalue weighted by Crippen LogP contribution is -2.41. The van der Waals surface area contributed by atoms with Gasteiger partial charge in [-0.05, 0) is 61.1 Å². The second-order valence-corrected chi connectivity index (χ2v) is 10.1. The van der Waals surface area contributed by atoms with Gasteiger partial charge in [0.2, 0.25) is 0 Å². The first-order valence-electron chi connectivity index (χ1n) is 13.1. The smallest absolute Gasteiger partial charge is 0.410 e. The lowest BCUT2D eigenvalue weighted by atomic mass is 9.86. The van der Waals surface area contributed by atoms with Crippen LogP contribution < -0.4 is 11.4 Å². The van der Waals surface area contributed by atoms with Crippen molar-refractivity contribution in [1.82, 2.24) is 24.4 Å². The van der Waals surface area contributed by atoms with Gasteiger partial charge in [0.1, 0.15) is 6.10 Å². The Labute approximate surface area is 259 Å². The molecule has 3 aromatic heterocycles. The fourth-order valence-electron chi connectivity index (χ4n) is 5.94. The molecular weight excluding hydrogens is 613 g/mol. The zero-order valence-corrected chi connectivity index (χ0v) is 24.8. The molecule has 0 unspecified atom stereocenters. The molecule has 1 amide bonds. The van der Waals surface area contributed by atoms with E-state index in [4.69, 9.17) is 10.5 Å². The van der Waals surface area contributed by atoms with Crippen LogP contribution in [-0.2, 0) is 4.74 Å². The predicted octanol–water partition coefficient (Wildman–Crippen LogP) is 5.76. The van der Waals surface area contributed by atoms with Crippen LogP contribution in [0.1, 0.15) is 66.6 Å². The molecule has 1 aliphatic carbocycles. The molecule has 1 aromatic carbocycles. The number of hydrogen-bond donors (Lipinski definition) is 2. The number of carbonyl (C=O) groups is 1. The number of H-pyrrole nitrogens is 1. The van der Waals surface area contributed by atoms with Gasteiger partial charge in [0.25, 0.3) is 0 Å². The number of rotatable bonds is 3. The van der Waals surface area contributed by atoms with Gasteiger partial charge in [-0.1, -0.05) is 18.2 Å². The molecule has 0 spiro atoms. The summed E-state index contributed by atoms with van der Waals surface area (Å²) in [6.45, 7) is 0.836. The number of ether oxygens (including phenoxy) is 1. The van der Waals surface area contributed by atoms with E-state index in [-0.39, 0.29) is 54.5 Å². The van der Waals surface area contributed by atoms with E-state index in [1.807, 2.05) is 6.07 Å². The van der Waals surface area contributed by atoms with E-state index in [2.05, 4.69) is 15.0 Å². The second kappa shape index (κ2) is 13.8. The van der Waals surface area contributed by atoms with E-state index < -0.39 is 35.8 Å². The molecule has 4 heterocycles. The molecule has 42 heavy (non-hydrogen) atoms. The molecule has 1 saturated heterocycles. The van der Waals surface area contributed by atoms with Gasteiger partial charge in [-0.25, -0.2) is 23.4 Å². The average Bonchev–Trinajstić information content (AvgIpc) is 3.23. The summed E-state index contributed by atoms with van der Waals surface area (Å²) >= 11 is 0. The van der Waals surface area contributed by atoms with Crippen LogP contribution in [0.4, 0.5) is 13.6 Å². The highest BCUT2D eigenvalue weighted by molar-refractivity contribution is 5.86. The third kappa shape index (κ3) is 6.10. The van der Waals surface area contributed by atoms with Crippen LogP contribution in [0, 0.1) is 11.6 Å². The van der Waals surface area contributed by atoms with Crippen molar-refractivity contribution in [3.05, 3.63) is 93.8 Å². The number of aromatic amines is 1. The fraction of sp³-hybridized carbons (Fsp3) is 0.357. The maximum Gasteiger partial charge on any atom is 0.410 e. The van der Waals surface area contributed by atoms with E-state index in [0.717, 1.165) is 11.6 Å². The first-order chi connectivity index (χ1) is 18.9. The van der Waals surface area contributed by atoms with Gasteiger partial charge in [0.15, 0.2) is 17.3 Å². The van der Waals surface area contributed by atoms with Gasteiger partial charge in [-0.15, -0.1) is 37.2 Å². The number of imidazole rings is 1. The van der Waals surface area contributed by atoms with Crippen molar-refractivity contribution in [1.29, 1.82) is 0 Å². The van der Waals surface area contributed by atoms with Gasteiger partial charge in [0.05, 0.1) is 11.2 Å². The van der Waals surface area contributed by atoms with Crippen LogP contribution in [0.3, 0.4) is 0 Å². The van der Waals surface area contributed by atoms with E-state index in [0.29, 0.717) is 55.7 Å². The van der Waals surface area contributed by atoms with Crippen LogP contribution in [0.5, 0.6) is 0 Å². The zero-order chi connectivity index (χ0) is 27.1. The minimum atomic E-state index is -0.923. The van der Waals surface area contributed by atoms with Crippen molar-refractivity contribution < 1.29 is 18.3 Å². The van der Waals surface area contributed by atoms with Gasteiger partial charge < -0.3 is 15.4 Å². The first kappa shape index (κ1) is 33.3. The van der Waals surface area contributed by atoms with Crippen molar-refractivity contribution in [3.8, 4) is 0 Å². The standard InChI is InChI=1S/C28H28F2N6O3.3ClH/c29-20-6-1-4-17(23(20)30)18-8-9-22(25-19(24(18)31)5-2-12-32-25)39-28(38)35-14-10-16(11-15-35)36-21-7-3-13-33-26(21)34-27(36)37;;;/h1-7,12-13,16,18,22,24H,8-11,14-15,31H2,(H,33,34,37);3*1H/t18-,22-,24-;;;/m0.../s1. The largest absolute Gasteiger partial charge is 0.440 e. The topological polar surface area (TPSA) is 119 Å². The van der Waals surface area contributed by atoms with E-state index in [1.54, 1.807) is 46.1 Å². The van der Waals surface area contributed by atoms with Gasteiger partial charge in [-0.3, -0.25) is 14.5 Å². The molecule has 6 rings (SSSR count). The molecule has 0 radical (unpaired) electrons. The summed E-state index contributed by atoms with van der Waals surface area (Å²) in [5, 5.41) is 0. The van der Waals surface area contributed by atoms with Crippen LogP contribution in [0.25, 0.3) is 11.2 Å². The number of carbonyl (C=O) groups excluding carboxylic acids is 1. The monoisotopic (exact) mass is 642 g/mol. The second-order valence-electron chi connectivity index (χ2n) is 10.1. The van der Waals surface area contributed by atoms with Gasteiger partial charge in [-0.2, -0.15) is 0 Å². The third-order valence-corrected chi connectivity index (χ3v) is 7.91. The Kier molecular flexibility index (Phi) is 10.9. The Morgan fingerprint density at radius 1 is 0.929 bits per heavy atom. The number of fused-ring (bicyclic) bond motifs is 2. The molecule has 4 aromatic rings. The minimum absolute atomic E-state index is 0. The Morgan fingerprint density at radius 2 is 1.62 bits per heavy atom. The summed E-state index contributed by atoms with van der Waals surface area (Å²) < 4.78 is 36.4. The molecule has 3 N–H and O–H groups in total. The number of pyridine rings is 2. The summed E-state index contributed by atoms with van der Waals surface area (Å²) in [6, 6.07) is 10.5. The Balaban J connectivity index is 0.00000161. The maximum atomic E-state index is 14.7. The number of piperidine rings is 1. The molecule has 0 saturated carbocycles. The molecule has 0 bridgehead atoms. The maximum absolute atomic E-state index is 14.7. The summed E-state index contributed by atoms with van der Waals surface area (Å²) in [5.41, 5.74) is 9.02. The average molecular weight is 644 g/mol. The number of halogens is 5. The number of nitrogens with one attached hydrogen (secondary N) is 1. The van der Waals surface area contributed by atoms with Crippen molar-refractivity contribution in [2.24, 2.45) is 5.73 Å².